The summed E-state index contributed by atoms with van der Waals surface area (Å²) in [5, 5.41) is 2.86. The van der Waals surface area contributed by atoms with Crippen molar-refractivity contribution in [1.29, 1.82) is 0 Å². The molecule has 35 heavy (non-hydrogen) atoms. The van der Waals surface area contributed by atoms with Gasteiger partial charge in [-0.25, -0.2) is 8.42 Å². The SMILES string of the molecule is CCCNC(=O)[C@@H](CC)N(Cc1cccc(OC)c1)C(=O)CN(c1ccc(Br)c(C)c1)S(C)(=O)=O. The first-order valence-corrected chi connectivity index (χ1v) is 14.1. The number of carbonyl (C=O) groups is 2. The van der Waals surface area contributed by atoms with Crippen molar-refractivity contribution in [2.24, 2.45) is 0 Å². The Kier molecular flexibility index (Phi) is 10.6. The molecule has 0 fully saturated rings. The first-order valence-electron chi connectivity index (χ1n) is 11.5. The molecule has 0 saturated heterocycles. The lowest BCUT2D eigenvalue weighted by molar-refractivity contribution is -0.140. The Labute approximate surface area is 216 Å². The minimum Gasteiger partial charge on any atom is -0.497 e. The molecule has 10 heteroatoms. The quantitative estimate of drug-likeness (QED) is 0.420. The zero-order chi connectivity index (χ0) is 26.2. The van der Waals surface area contributed by atoms with Crippen molar-refractivity contribution in [3.63, 3.8) is 0 Å². The third kappa shape index (κ3) is 7.96. The van der Waals surface area contributed by atoms with Crippen molar-refractivity contribution < 1.29 is 22.7 Å². The molecule has 8 nitrogen and oxygen atoms in total. The highest BCUT2D eigenvalue weighted by Crippen LogP contribution is 2.25. The number of nitrogens with zero attached hydrogens (tertiary/aromatic N) is 2. The maximum absolute atomic E-state index is 13.7. The van der Waals surface area contributed by atoms with Gasteiger partial charge in [-0.2, -0.15) is 0 Å². The van der Waals surface area contributed by atoms with E-state index >= 15 is 0 Å². The standard InChI is InChI=1S/C25H34BrN3O5S/c1-6-13-27-25(31)23(7-2)28(16-19-9-8-10-21(15-19)34-4)24(30)17-29(35(5,32)33)20-11-12-22(26)18(3)14-20/h8-12,14-15,23H,6-7,13,16-17H2,1-5H3,(H,27,31)/t23-/m1/s1. The number of methoxy groups -OCH3 is 1. The zero-order valence-electron chi connectivity index (χ0n) is 20.9. The molecule has 1 N–H and O–H groups in total. The van der Waals surface area contributed by atoms with Gasteiger partial charge in [0.05, 0.1) is 19.1 Å². The molecule has 2 amide bonds. The first-order chi connectivity index (χ1) is 16.5. The lowest BCUT2D eigenvalue weighted by Crippen LogP contribution is -2.52. The number of hydrogen-bond acceptors (Lipinski definition) is 5. The van der Waals surface area contributed by atoms with Gasteiger partial charge in [0.15, 0.2) is 0 Å². The van der Waals surface area contributed by atoms with Gasteiger partial charge in [-0.15, -0.1) is 0 Å². The highest BCUT2D eigenvalue weighted by Gasteiger charge is 2.31. The second kappa shape index (κ2) is 12.9. The van der Waals surface area contributed by atoms with E-state index in [4.69, 9.17) is 4.74 Å². The van der Waals surface area contributed by atoms with Gasteiger partial charge in [0.25, 0.3) is 0 Å². The van der Waals surface area contributed by atoms with Gasteiger partial charge in [-0.3, -0.25) is 13.9 Å². The molecule has 0 heterocycles. The largest absolute Gasteiger partial charge is 0.497 e. The smallest absolute Gasteiger partial charge is 0.244 e. The van der Waals surface area contributed by atoms with E-state index in [-0.39, 0.29) is 12.5 Å². The number of sulfonamides is 1. The topological polar surface area (TPSA) is 96.0 Å². The summed E-state index contributed by atoms with van der Waals surface area (Å²) in [6.07, 6.45) is 2.20. The molecule has 192 valence electrons. The fourth-order valence-electron chi connectivity index (χ4n) is 3.65. The number of anilines is 1. The molecule has 1 atom stereocenters. The van der Waals surface area contributed by atoms with E-state index in [2.05, 4.69) is 21.2 Å². The van der Waals surface area contributed by atoms with Gasteiger partial charge < -0.3 is 15.0 Å². The predicted molar refractivity (Wildman–Crippen MR) is 142 cm³/mol. The van der Waals surface area contributed by atoms with E-state index in [1.54, 1.807) is 37.4 Å². The number of carbonyl (C=O) groups excluding carboxylic acids is 2. The van der Waals surface area contributed by atoms with Crippen molar-refractivity contribution in [3.05, 3.63) is 58.1 Å². The maximum Gasteiger partial charge on any atom is 0.244 e. The Morgan fingerprint density at radius 3 is 2.43 bits per heavy atom. The molecule has 2 rings (SSSR count). The van der Waals surface area contributed by atoms with E-state index in [1.807, 2.05) is 32.9 Å². The van der Waals surface area contributed by atoms with E-state index in [9.17, 15) is 18.0 Å². The lowest BCUT2D eigenvalue weighted by Gasteiger charge is -2.33. The van der Waals surface area contributed by atoms with Crippen LogP contribution in [0.1, 0.15) is 37.8 Å². The van der Waals surface area contributed by atoms with Gasteiger partial charge >= 0.3 is 0 Å². The van der Waals surface area contributed by atoms with Gasteiger partial charge in [0.2, 0.25) is 21.8 Å². The third-order valence-corrected chi connectivity index (χ3v) is 7.56. The number of aryl methyl sites for hydroxylation is 1. The molecule has 2 aromatic rings. The summed E-state index contributed by atoms with van der Waals surface area (Å²) < 4.78 is 32.6. The van der Waals surface area contributed by atoms with Crippen LogP contribution in [-0.2, 0) is 26.2 Å². The highest BCUT2D eigenvalue weighted by molar-refractivity contribution is 9.10. The predicted octanol–water partition coefficient (Wildman–Crippen LogP) is 3.87. The summed E-state index contributed by atoms with van der Waals surface area (Å²) in [4.78, 5) is 28.1. The molecule has 0 spiro atoms. The van der Waals surface area contributed by atoms with Crippen molar-refractivity contribution >= 4 is 43.5 Å². The van der Waals surface area contributed by atoms with Crippen LogP contribution in [0, 0.1) is 6.92 Å². The average Bonchev–Trinajstić information content (AvgIpc) is 2.82. The van der Waals surface area contributed by atoms with Gasteiger partial charge in [-0.05, 0) is 61.2 Å². The van der Waals surface area contributed by atoms with Crippen LogP contribution in [0.2, 0.25) is 0 Å². The van der Waals surface area contributed by atoms with Crippen molar-refractivity contribution in [1.82, 2.24) is 10.2 Å². The summed E-state index contributed by atoms with van der Waals surface area (Å²) in [7, 11) is -2.22. The maximum atomic E-state index is 13.7. The minimum absolute atomic E-state index is 0.130. The van der Waals surface area contributed by atoms with E-state index in [0.717, 1.165) is 32.6 Å². The van der Waals surface area contributed by atoms with Crippen LogP contribution < -0.4 is 14.4 Å². The third-order valence-electron chi connectivity index (χ3n) is 5.53. The van der Waals surface area contributed by atoms with Crippen molar-refractivity contribution in [2.75, 3.05) is 30.8 Å². The molecule has 2 aromatic carbocycles. The Morgan fingerprint density at radius 2 is 1.86 bits per heavy atom. The number of amides is 2. The molecule has 0 aromatic heterocycles. The summed E-state index contributed by atoms with van der Waals surface area (Å²) in [6, 6.07) is 11.6. The summed E-state index contributed by atoms with van der Waals surface area (Å²) in [5.41, 5.74) is 1.98. The van der Waals surface area contributed by atoms with Crippen LogP contribution in [0.15, 0.2) is 46.9 Å². The first kappa shape index (κ1) is 28.6. The molecule has 0 radical (unpaired) electrons. The molecule has 0 bridgehead atoms. The van der Waals surface area contributed by atoms with Crippen LogP contribution in [0.5, 0.6) is 5.75 Å². The molecular formula is C25H34BrN3O5S. The van der Waals surface area contributed by atoms with Gasteiger partial charge in [0.1, 0.15) is 18.3 Å². The Bertz CT molecular complexity index is 1140. The average molecular weight is 569 g/mol. The van der Waals surface area contributed by atoms with Crippen molar-refractivity contribution in [2.45, 2.75) is 46.2 Å². The lowest BCUT2D eigenvalue weighted by atomic mass is 10.1. The minimum atomic E-state index is -3.78. The summed E-state index contributed by atoms with van der Waals surface area (Å²) in [5.74, 6) is -0.116. The number of hydrogen-bond donors (Lipinski definition) is 1. The van der Waals surface area contributed by atoms with Crippen LogP contribution >= 0.6 is 15.9 Å². The number of benzene rings is 2. The zero-order valence-corrected chi connectivity index (χ0v) is 23.3. The fraction of sp³-hybridized carbons (Fsp3) is 0.440. The molecule has 0 saturated carbocycles. The van der Waals surface area contributed by atoms with Crippen LogP contribution in [0.3, 0.4) is 0 Å². The van der Waals surface area contributed by atoms with Crippen LogP contribution in [0.25, 0.3) is 0 Å². The normalized spacial score (nSPS) is 12.1. The summed E-state index contributed by atoms with van der Waals surface area (Å²) >= 11 is 3.42. The van der Waals surface area contributed by atoms with E-state index in [1.165, 1.54) is 4.90 Å². The fourth-order valence-corrected chi connectivity index (χ4v) is 4.74. The Balaban J connectivity index is 2.45. The van der Waals surface area contributed by atoms with E-state index in [0.29, 0.717) is 24.4 Å². The molecular weight excluding hydrogens is 534 g/mol. The number of ether oxygens (including phenoxy) is 1. The van der Waals surface area contributed by atoms with Gasteiger partial charge in [0, 0.05) is 17.6 Å². The van der Waals surface area contributed by atoms with Crippen molar-refractivity contribution in [3.8, 4) is 5.75 Å². The van der Waals surface area contributed by atoms with Crippen LogP contribution in [0.4, 0.5) is 5.69 Å². The number of nitrogens with one attached hydrogen (secondary N) is 1. The van der Waals surface area contributed by atoms with Gasteiger partial charge in [-0.1, -0.05) is 41.9 Å². The Morgan fingerprint density at radius 1 is 1.14 bits per heavy atom. The highest BCUT2D eigenvalue weighted by atomic mass is 79.9. The Hall–Kier alpha value is -2.59. The van der Waals surface area contributed by atoms with E-state index < -0.39 is 28.5 Å². The number of halogens is 1. The summed E-state index contributed by atoms with van der Waals surface area (Å²) in [6.45, 7) is 5.81. The molecule has 0 aliphatic rings. The molecule has 0 aliphatic heterocycles. The molecule has 0 aliphatic carbocycles. The molecule has 0 unspecified atom stereocenters. The monoisotopic (exact) mass is 567 g/mol. The number of rotatable bonds is 12. The second-order valence-corrected chi connectivity index (χ2v) is 11.1. The second-order valence-electron chi connectivity index (χ2n) is 8.29. The van der Waals surface area contributed by atoms with Crippen LogP contribution in [-0.4, -0.2) is 57.6 Å².